The summed E-state index contributed by atoms with van der Waals surface area (Å²) in [4.78, 5) is 36.9. The van der Waals surface area contributed by atoms with Gasteiger partial charge in [-0.05, 0) is 35.7 Å². The van der Waals surface area contributed by atoms with Crippen LogP contribution in [0, 0.1) is 0 Å². The molecule has 0 saturated carbocycles. The Hall–Kier alpha value is -3.35. The molecule has 0 unspecified atom stereocenters. The van der Waals surface area contributed by atoms with Crippen molar-refractivity contribution >= 4 is 23.5 Å². The van der Waals surface area contributed by atoms with Crippen LogP contribution >= 0.6 is 0 Å². The van der Waals surface area contributed by atoms with Crippen molar-refractivity contribution in [2.24, 2.45) is 0 Å². The number of aliphatic carboxylic acids is 1. The van der Waals surface area contributed by atoms with Crippen molar-refractivity contribution in [2.45, 2.75) is 18.8 Å². The van der Waals surface area contributed by atoms with E-state index in [1.165, 1.54) is 0 Å². The van der Waals surface area contributed by atoms with Crippen LogP contribution in [0.3, 0.4) is 0 Å². The maximum Gasteiger partial charge on any atom is 0.341 e. The number of anilines is 1. The lowest BCUT2D eigenvalue weighted by Crippen LogP contribution is -2.39. The van der Waals surface area contributed by atoms with Gasteiger partial charge in [-0.2, -0.15) is 0 Å². The van der Waals surface area contributed by atoms with Gasteiger partial charge in [-0.25, -0.2) is 4.79 Å². The van der Waals surface area contributed by atoms with Crippen LogP contribution in [-0.2, 0) is 20.8 Å². The number of carboxylic acids is 1. The van der Waals surface area contributed by atoms with Crippen LogP contribution in [0.15, 0.2) is 48.5 Å². The second-order valence-electron chi connectivity index (χ2n) is 6.64. The van der Waals surface area contributed by atoms with E-state index in [4.69, 9.17) is 9.84 Å². The van der Waals surface area contributed by atoms with E-state index in [2.05, 4.69) is 5.32 Å². The summed E-state index contributed by atoms with van der Waals surface area (Å²) < 4.78 is 5.09. The Balaban J connectivity index is 1.55. The van der Waals surface area contributed by atoms with Gasteiger partial charge in [0.15, 0.2) is 6.61 Å². The molecule has 1 aliphatic rings. The van der Waals surface area contributed by atoms with Crippen LogP contribution in [0.5, 0.6) is 5.75 Å². The molecule has 2 aromatic carbocycles. The summed E-state index contributed by atoms with van der Waals surface area (Å²) in [6.07, 6.45) is 0.780. The smallest absolute Gasteiger partial charge is 0.341 e. The molecule has 1 aliphatic heterocycles. The molecule has 0 radical (unpaired) electrons. The first-order valence-corrected chi connectivity index (χ1v) is 9.02. The first kappa shape index (κ1) is 19.4. The number of ether oxygens (including phenoxy) is 1. The fourth-order valence-electron chi connectivity index (χ4n) is 3.23. The van der Waals surface area contributed by atoms with Gasteiger partial charge in [-0.15, -0.1) is 0 Å². The number of carboxylic acid groups (broad SMARTS) is 1. The SMILES string of the molecule is CN1C(=O)C[C@@H](C(=O)NCCc2ccc(OCC(=O)O)cc2)c2ccccc21. The van der Waals surface area contributed by atoms with E-state index in [1.807, 2.05) is 36.4 Å². The van der Waals surface area contributed by atoms with Crippen molar-refractivity contribution in [3.63, 3.8) is 0 Å². The number of para-hydroxylation sites is 1. The molecule has 146 valence electrons. The van der Waals surface area contributed by atoms with E-state index >= 15 is 0 Å². The average molecular weight is 382 g/mol. The second-order valence-corrected chi connectivity index (χ2v) is 6.64. The zero-order valence-corrected chi connectivity index (χ0v) is 15.6. The monoisotopic (exact) mass is 382 g/mol. The lowest BCUT2D eigenvalue weighted by Gasteiger charge is -2.30. The highest BCUT2D eigenvalue weighted by Crippen LogP contribution is 2.35. The van der Waals surface area contributed by atoms with E-state index in [0.717, 1.165) is 16.8 Å². The van der Waals surface area contributed by atoms with Crippen LogP contribution in [0.1, 0.15) is 23.5 Å². The standard InChI is InChI=1S/C21H22N2O5/c1-23-18-5-3-2-4-16(18)17(12-19(23)24)21(27)22-11-10-14-6-8-15(9-7-14)28-13-20(25)26/h2-9,17H,10-13H2,1H3,(H,22,27)(H,25,26)/t17-/m1/s1. The molecule has 2 aromatic rings. The van der Waals surface area contributed by atoms with E-state index in [1.54, 1.807) is 24.1 Å². The van der Waals surface area contributed by atoms with Crippen molar-refractivity contribution in [3.8, 4) is 5.75 Å². The highest BCUT2D eigenvalue weighted by Gasteiger charge is 2.33. The fourth-order valence-corrected chi connectivity index (χ4v) is 3.23. The third-order valence-corrected chi connectivity index (χ3v) is 4.74. The summed E-state index contributed by atoms with van der Waals surface area (Å²) in [5, 5.41) is 11.5. The molecule has 7 nitrogen and oxygen atoms in total. The second kappa shape index (κ2) is 8.56. The summed E-state index contributed by atoms with van der Waals surface area (Å²) in [7, 11) is 1.72. The molecule has 0 bridgehead atoms. The van der Waals surface area contributed by atoms with Gasteiger partial charge >= 0.3 is 5.97 Å². The van der Waals surface area contributed by atoms with Gasteiger partial charge in [0.05, 0.1) is 5.92 Å². The van der Waals surface area contributed by atoms with E-state index in [9.17, 15) is 14.4 Å². The van der Waals surface area contributed by atoms with Crippen LogP contribution in [0.4, 0.5) is 5.69 Å². The molecular weight excluding hydrogens is 360 g/mol. The van der Waals surface area contributed by atoms with Crippen molar-refractivity contribution < 1.29 is 24.2 Å². The first-order valence-electron chi connectivity index (χ1n) is 9.02. The molecule has 3 rings (SSSR count). The van der Waals surface area contributed by atoms with Crippen LogP contribution in [-0.4, -0.2) is 43.1 Å². The van der Waals surface area contributed by atoms with Gasteiger partial charge in [0.2, 0.25) is 11.8 Å². The lowest BCUT2D eigenvalue weighted by molar-refractivity contribution is -0.139. The number of amides is 2. The third-order valence-electron chi connectivity index (χ3n) is 4.74. The summed E-state index contributed by atoms with van der Waals surface area (Å²) in [6, 6.07) is 14.5. The number of hydrogen-bond donors (Lipinski definition) is 2. The van der Waals surface area contributed by atoms with Gasteiger partial charge in [0.25, 0.3) is 0 Å². The Morgan fingerprint density at radius 2 is 1.89 bits per heavy atom. The molecule has 0 aromatic heterocycles. The van der Waals surface area contributed by atoms with Crippen molar-refractivity contribution in [1.82, 2.24) is 5.32 Å². The summed E-state index contributed by atoms with van der Waals surface area (Å²) in [6.45, 7) is 0.0586. The minimum Gasteiger partial charge on any atom is -0.482 e. The highest BCUT2D eigenvalue weighted by atomic mass is 16.5. The quantitative estimate of drug-likeness (QED) is 0.763. The predicted octanol–water partition coefficient (Wildman–Crippen LogP) is 1.96. The Bertz CT molecular complexity index is 879. The van der Waals surface area contributed by atoms with E-state index in [-0.39, 0.29) is 24.8 Å². The average Bonchev–Trinajstić information content (AvgIpc) is 2.70. The Labute approximate surface area is 162 Å². The minimum absolute atomic E-state index is 0.0733. The molecule has 0 saturated heterocycles. The number of hydrogen-bond acceptors (Lipinski definition) is 4. The highest BCUT2D eigenvalue weighted by molar-refractivity contribution is 6.02. The molecule has 0 fully saturated rings. The number of carbonyl (C=O) groups excluding carboxylic acids is 2. The van der Waals surface area contributed by atoms with E-state index < -0.39 is 11.9 Å². The first-order chi connectivity index (χ1) is 13.5. The molecule has 28 heavy (non-hydrogen) atoms. The number of nitrogens with one attached hydrogen (secondary N) is 1. The van der Waals surface area contributed by atoms with Crippen LogP contribution in [0.2, 0.25) is 0 Å². The largest absolute Gasteiger partial charge is 0.482 e. The zero-order chi connectivity index (χ0) is 20.1. The fraction of sp³-hybridized carbons (Fsp3) is 0.286. The molecule has 1 heterocycles. The zero-order valence-electron chi connectivity index (χ0n) is 15.6. The van der Waals surface area contributed by atoms with Crippen molar-refractivity contribution in [3.05, 3.63) is 59.7 Å². The Kier molecular flexibility index (Phi) is 5.93. The third kappa shape index (κ3) is 4.49. The Morgan fingerprint density at radius 3 is 2.61 bits per heavy atom. The van der Waals surface area contributed by atoms with Gasteiger partial charge in [0, 0.05) is 25.7 Å². The molecule has 0 aliphatic carbocycles. The van der Waals surface area contributed by atoms with Crippen LogP contribution in [0.25, 0.3) is 0 Å². The molecule has 1 atom stereocenters. The molecular formula is C21H22N2O5. The van der Waals surface area contributed by atoms with Gasteiger partial charge in [-0.1, -0.05) is 30.3 Å². The van der Waals surface area contributed by atoms with Gasteiger partial charge in [-0.3, -0.25) is 9.59 Å². The normalized spacial score (nSPS) is 15.7. The molecule has 0 spiro atoms. The van der Waals surface area contributed by atoms with Gasteiger partial charge in [0.1, 0.15) is 5.75 Å². The summed E-state index contributed by atoms with van der Waals surface area (Å²) in [5.74, 6) is -1.25. The van der Waals surface area contributed by atoms with Crippen molar-refractivity contribution in [2.75, 3.05) is 25.1 Å². The van der Waals surface area contributed by atoms with Gasteiger partial charge < -0.3 is 20.1 Å². The summed E-state index contributed by atoms with van der Waals surface area (Å²) >= 11 is 0. The Morgan fingerprint density at radius 1 is 1.18 bits per heavy atom. The number of benzene rings is 2. The predicted molar refractivity (Wildman–Crippen MR) is 103 cm³/mol. The number of rotatable bonds is 7. The maximum absolute atomic E-state index is 12.6. The minimum atomic E-state index is -1.03. The lowest BCUT2D eigenvalue weighted by atomic mass is 9.89. The topological polar surface area (TPSA) is 95.9 Å². The molecule has 7 heteroatoms. The summed E-state index contributed by atoms with van der Waals surface area (Å²) in [5.41, 5.74) is 2.63. The number of nitrogens with zero attached hydrogens (tertiary/aromatic N) is 1. The van der Waals surface area contributed by atoms with E-state index in [0.29, 0.717) is 18.7 Å². The molecule has 2 amide bonds. The number of fused-ring (bicyclic) bond motifs is 1. The van der Waals surface area contributed by atoms with Crippen molar-refractivity contribution in [1.29, 1.82) is 0 Å². The van der Waals surface area contributed by atoms with Crippen LogP contribution < -0.4 is 15.0 Å². The maximum atomic E-state index is 12.6. The molecule has 2 N–H and O–H groups in total. The number of carbonyl (C=O) groups is 3.